The maximum atomic E-state index is 13.5. The summed E-state index contributed by atoms with van der Waals surface area (Å²) in [6.45, 7) is 0. The Bertz CT molecular complexity index is 1260. The molecule has 0 spiro atoms. The fourth-order valence-corrected chi connectivity index (χ4v) is 4.38. The minimum Gasteiger partial charge on any atom is -0.502 e. The van der Waals surface area contributed by atoms with Gasteiger partial charge in [-0.15, -0.1) is 0 Å². The predicted octanol–water partition coefficient (Wildman–Crippen LogP) is 6.20. The first-order valence-electron chi connectivity index (χ1n) is 9.64. The molecule has 0 saturated carbocycles. The van der Waals surface area contributed by atoms with E-state index in [0.29, 0.717) is 16.3 Å². The van der Waals surface area contributed by atoms with Crippen LogP contribution in [0.2, 0.25) is 15.1 Å². The third kappa shape index (κ3) is 4.37. The Morgan fingerprint density at radius 3 is 2.06 bits per heavy atom. The molecule has 4 rings (SSSR count). The second-order valence-electron chi connectivity index (χ2n) is 6.98. The van der Waals surface area contributed by atoms with Crippen LogP contribution >= 0.6 is 34.8 Å². The number of aromatic hydroxyl groups is 1. The molecular weight excluding hydrogens is 487 g/mol. The Kier molecular flexibility index (Phi) is 6.51. The first-order valence-corrected chi connectivity index (χ1v) is 10.8. The standard InChI is InChI=1S/C24H17Cl3N2O4/c1-32-19-9-13(10-20(33-2)23(19)30)8-16-21(14-6-4-3-5-7-14)28-29(24(16)31)22-17(26)11-15(25)12-18(22)27/h3-12,30H,1-2H3/b16-8-. The van der Waals surface area contributed by atoms with Gasteiger partial charge < -0.3 is 14.6 Å². The van der Waals surface area contributed by atoms with Crippen LogP contribution in [0.3, 0.4) is 0 Å². The third-order valence-corrected chi connectivity index (χ3v) is 5.73. The maximum Gasteiger partial charge on any atom is 0.281 e. The molecule has 0 radical (unpaired) electrons. The van der Waals surface area contributed by atoms with Gasteiger partial charge >= 0.3 is 0 Å². The van der Waals surface area contributed by atoms with E-state index in [9.17, 15) is 9.90 Å². The number of benzene rings is 3. The summed E-state index contributed by atoms with van der Waals surface area (Å²) in [5.74, 6) is -0.180. The number of rotatable bonds is 5. The molecule has 0 atom stereocenters. The average Bonchev–Trinajstić information content (AvgIpc) is 3.10. The quantitative estimate of drug-likeness (QED) is 0.421. The summed E-state index contributed by atoms with van der Waals surface area (Å²) in [5, 5.41) is 16.6. The van der Waals surface area contributed by atoms with Crippen molar-refractivity contribution in [2.24, 2.45) is 5.10 Å². The van der Waals surface area contributed by atoms with Gasteiger partial charge in [0.1, 0.15) is 11.4 Å². The van der Waals surface area contributed by atoms with E-state index < -0.39 is 5.91 Å². The van der Waals surface area contributed by atoms with Gasteiger partial charge in [0.05, 0.1) is 29.8 Å². The van der Waals surface area contributed by atoms with Crippen LogP contribution < -0.4 is 14.5 Å². The number of anilines is 1. The molecule has 6 nitrogen and oxygen atoms in total. The summed E-state index contributed by atoms with van der Waals surface area (Å²) in [7, 11) is 2.85. The number of hydrogen-bond donors (Lipinski definition) is 1. The molecule has 0 unspecified atom stereocenters. The lowest BCUT2D eigenvalue weighted by Gasteiger charge is -2.15. The van der Waals surface area contributed by atoms with Crippen LogP contribution in [0.25, 0.3) is 6.08 Å². The van der Waals surface area contributed by atoms with E-state index in [0.717, 1.165) is 10.6 Å². The van der Waals surface area contributed by atoms with E-state index in [4.69, 9.17) is 44.3 Å². The highest BCUT2D eigenvalue weighted by molar-refractivity contribution is 6.44. The summed E-state index contributed by atoms with van der Waals surface area (Å²) < 4.78 is 10.5. The number of phenolic OH excluding ortho intramolecular Hbond substituents is 1. The summed E-state index contributed by atoms with van der Waals surface area (Å²) in [6, 6.07) is 15.4. The van der Waals surface area contributed by atoms with Gasteiger partial charge in [-0.3, -0.25) is 4.79 Å². The molecule has 1 N–H and O–H groups in total. The highest BCUT2D eigenvalue weighted by atomic mass is 35.5. The molecule has 0 bridgehead atoms. The summed E-state index contributed by atoms with van der Waals surface area (Å²) in [5.41, 5.74) is 2.22. The number of nitrogens with zero attached hydrogens (tertiary/aromatic N) is 2. The summed E-state index contributed by atoms with van der Waals surface area (Å²) in [6.07, 6.45) is 1.64. The molecule has 33 heavy (non-hydrogen) atoms. The van der Waals surface area contributed by atoms with Crippen LogP contribution in [0, 0.1) is 0 Å². The van der Waals surface area contributed by atoms with Gasteiger partial charge in [0.15, 0.2) is 11.5 Å². The topological polar surface area (TPSA) is 71.4 Å². The third-order valence-electron chi connectivity index (χ3n) is 4.93. The second kappa shape index (κ2) is 9.35. The first-order chi connectivity index (χ1) is 15.8. The molecule has 1 aliphatic rings. The van der Waals surface area contributed by atoms with E-state index in [-0.39, 0.29) is 38.6 Å². The van der Waals surface area contributed by atoms with Gasteiger partial charge in [0, 0.05) is 10.6 Å². The number of ether oxygens (including phenoxy) is 2. The van der Waals surface area contributed by atoms with Crippen molar-refractivity contribution >= 4 is 58.2 Å². The monoisotopic (exact) mass is 502 g/mol. The Morgan fingerprint density at radius 1 is 0.939 bits per heavy atom. The molecule has 9 heteroatoms. The van der Waals surface area contributed by atoms with E-state index >= 15 is 0 Å². The van der Waals surface area contributed by atoms with Crippen molar-refractivity contribution in [3.05, 3.63) is 86.4 Å². The van der Waals surface area contributed by atoms with E-state index in [2.05, 4.69) is 5.10 Å². The lowest BCUT2D eigenvalue weighted by molar-refractivity contribution is -0.114. The SMILES string of the molecule is COc1cc(/C=C2\C(=O)N(c3c(Cl)cc(Cl)cc3Cl)N=C2c2ccccc2)cc(OC)c1O. The first kappa shape index (κ1) is 23.0. The largest absolute Gasteiger partial charge is 0.502 e. The van der Waals surface area contributed by atoms with Crippen molar-refractivity contribution in [2.75, 3.05) is 19.2 Å². The lowest BCUT2D eigenvalue weighted by Crippen LogP contribution is -2.22. The van der Waals surface area contributed by atoms with Crippen LogP contribution in [0.4, 0.5) is 5.69 Å². The van der Waals surface area contributed by atoms with Crippen molar-refractivity contribution in [3.63, 3.8) is 0 Å². The molecule has 1 aliphatic heterocycles. The van der Waals surface area contributed by atoms with Crippen molar-refractivity contribution in [3.8, 4) is 17.2 Å². The maximum absolute atomic E-state index is 13.5. The molecular formula is C24H17Cl3N2O4. The minimum absolute atomic E-state index is 0.141. The number of carbonyl (C=O) groups excluding carboxylic acids is 1. The number of hydrazone groups is 1. The van der Waals surface area contributed by atoms with Gasteiger partial charge in [-0.05, 0) is 35.9 Å². The molecule has 0 aromatic heterocycles. The molecule has 0 saturated heterocycles. The summed E-state index contributed by atoms with van der Waals surface area (Å²) in [4.78, 5) is 13.5. The van der Waals surface area contributed by atoms with Crippen LogP contribution in [0.1, 0.15) is 11.1 Å². The molecule has 3 aromatic carbocycles. The Morgan fingerprint density at radius 2 is 1.52 bits per heavy atom. The Hall–Kier alpha value is -3.19. The second-order valence-corrected chi connectivity index (χ2v) is 8.23. The fraction of sp³-hybridized carbons (Fsp3) is 0.0833. The smallest absolute Gasteiger partial charge is 0.281 e. The minimum atomic E-state index is -0.439. The van der Waals surface area contributed by atoms with Crippen molar-refractivity contribution in [1.82, 2.24) is 0 Å². The van der Waals surface area contributed by atoms with Gasteiger partial charge in [0.2, 0.25) is 5.75 Å². The van der Waals surface area contributed by atoms with E-state index in [1.54, 1.807) is 18.2 Å². The zero-order valence-corrected chi connectivity index (χ0v) is 19.7. The van der Waals surface area contributed by atoms with Crippen molar-refractivity contribution < 1.29 is 19.4 Å². The highest BCUT2D eigenvalue weighted by Gasteiger charge is 2.34. The zero-order chi connectivity index (χ0) is 23.7. The number of carbonyl (C=O) groups is 1. The Balaban J connectivity index is 1.90. The number of hydrogen-bond acceptors (Lipinski definition) is 5. The number of amides is 1. The van der Waals surface area contributed by atoms with Crippen molar-refractivity contribution in [1.29, 1.82) is 0 Å². The molecule has 1 amide bonds. The predicted molar refractivity (Wildman–Crippen MR) is 131 cm³/mol. The van der Waals surface area contributed by atoms with Crippen LogP contribution in [0.5, 0.6) is 17.2 Å². The molecule has 1 heterocycles. The van der Waals surface area contributed by atoms with Crippen molar-refractivity contribution in [2.45, 2.75) is 0 Å². The van der Waals surface area contributed by atoms with Crippen LogP contribution in [-0.4, -0.2) is 30.9 Å². The molecule has 0 fully saturated rings. The number of methoxy groups -OCH3 is 2. The normalized spacial score (nSPS) is 14.6. The molecule has 168 valence electrons. The fourth-order valence-electron chi connectivity index (χ4n) is 3.41. The van der Waals surface area contributed by atoms with E-state index in [1.807, 2.05) is 30.3 Å². The van der Waals surface area contributed by atoms with E-state index in [1.165, 1.54) is 26.4 Å². The van der Waals surface area contributed by atoms with Gasteiger partial charge in [0.25, 0.3) is 5.91 Å². The van der Waals surface area contributed by atoms with Crippen LogP contribution in [-0.2, 0) is 4.79 Å². The molecule has 0 aliphatic carbocycles. The molecule has 3 aromatic rings. The highest BCUT2D eigenvalue weighted by Crippen LogP contribution is 2.41. The lowest BCUT2D eigenvalue weighted by atomic mass is 10.00. The van der Waals surface area contributed by atoms with Crippen LogP contribution in [0.15, 0.2) is 65.3 Å². The average molecular weight is 504 g/mol. The summed E-state index contributed by atoms with van der Waals surface area (Å²) >= 11 is 18.8. The van der Waals surface area contributed by atoms with Gasteiger partial charge in [-0.2, -0.15) is 10.1 Å². The Labute approximate surface area is 205 Å². The zero-order valence-electron chi connectivity index (χ0n) is 17.5. The number of halogens is 3. The van der Waals surface area contributed by atoms with Gasteiger partial charge in [-0.1, -0.05) is 65.1 Å². The number of phenols is 1. The van der Waals surface area contributed by atoms with Gasteiger partial charge in [-0.25, -0.2) is 0 Å².